The van der Waals surface area contributed by atoms with Gasteiger partial charge in [0.1, 0.15) is 16.1 Å². The third kappa shape index (κ3) is 5.62. The molecule has 0 saturated carbocycles. The standard InChI is InChI=1S/C14H19Cl2FN2O5/c1-4-5-8(14(20)24-23-7(2)6-21-3)22-13-10(16)11(18)9(15)12(17)19-13/h7-8H,4-6H2,1-3H3,(H2,18,19). The van der Waals surface area contributed by atoms with E-state index < -0.39 is 29.1 Å². The fourth-order valence-electron chi connectivity index (χ4n) is 1.66. The molecule has 0 aromatic carbocycles. The number of hydrogen-bond acceptors (Lipinski definition) is 7. The average Bonchev–Trinajstić information content (AvgIpc) is 2.55. The van der Waals surface area contributed by atoms with Crippen molar-refractivity contribution in [2.75, 3.05) is 19.5 Å². The largest absolute Gasteiger partial charge is 0.461 e. The van der Waals surface area contributed by atoms with Crippen LogP contribution < -0.4 is 10.5 Å². The van der Waals surface area contributed by atoms with Gasteiger partial charge in [-0.3, -0.25) is 4.89 Å². The molecule has 0 aliphatic rings. The summed E-state index contributed by atoms with van der Waals surface area (Å²) >= 11 is 11.5. The lowest BCUT2D eigenvalue weighted by atomic mass is 10.2. The molecule has 10 heteroatoms. The van der Waals surface area contributed by atoms with Crippen molar-refractivity contribution in [1.29, 1.82) is 0 Å². The van der Waals surface area contributed by atoms with Crippen molar-refractivity contribution in [2.24, 2.45) is 0 Å². The molecule has 0 saturated heterocycles. The normalized spacial score (nSPS) is 13.4. The van der Waals surface area contributed by atoms with E-state index in [1.807, 2.05) is 6.92 Å². The Morgan fingerprint density at radius 1 is 1.38 bits per heavy atom. The van der Waals surface area contributed by atoms with Crippen LogP contribution in [0.15, 0.2) is 0 Å². The van der Waals surface area contributed by atoms with E-state index in [4.69, 9.17) is 48.2 Å². The number of aromatic nitrogens is 1. The summed E-state index contributed by atoms with van der Waals surface area (Å²) in [4.78, 5) is 25.1. The lowest BCUT2D eigenvalue weighted by molar-refractivity contribution is -0.304. The molecule has 136 valence electrons. The maximum Gasteiger partial charge on any atom is 0.382 e. The van der Waals surface area contributed by atoms with Crippen molar-refractivity contribution < 1.29 is 28.4 Å². The van der Waals surface area contributed by atoms with Gasteiger partial charge in [0.2, 0.25) is 17.9 Å². The van der Waals surface area contributed by atoms with Gasteiger partial charge in [-0.15, -0.1) is 0 Å². The molecule has 0 aliphatic carbocycles. The minimum Gasteiger partial charge on any atom is -0.461 e. The summed E-state index contributed by atoms with van der Waals surface area (Å²) in [5.74, 6) is -2.22. The average molecular weight is 385 g/mol. The number of hydrogen-bond donors (Lipinski definition) is 1. The van der Waals surface area contributed by atoms with Gasteiger partial charge in [-0.05, 0) is 13.3 Å². The Bertz CT molecular complexity index is 577. The summed E-state index contributed by atoms with van der Waals surface area (Å²) in [5.41, 5.74) is 5.33. The Labute approximate surface area is 149 Å². The summed E-state index contributed by atoms with van der Waals surface area (Å²) < 4.78 is 23.8. The monoisotopic (exact) mass is 384 g/mol. The first-order chi connectivity index (χ1) is 11.3. The molecule has 1 heterocycles. The molecule has 0 spiro atoms. The lowest BCUT2D eigenvalue weighted by Gasteiger charge is -2.18. The molecule has 0 radical (unpaired) electrons. The van der Waals surface area contributed by atoms with Crippen LogP contribution in [0.2, 0.25) is 10.0 Å². The first kappa shape index (κ1) is 20.7. The second-order valence-corrected chi connectivity index (χ2v) is 5.67. The van der Waals surface area contributed by atoms with E-state index >= 15 is 0 Å². The van der Waals surface area contributed by atoms with Crippen LogP contribution in [-0.4, -0.2) is 36.9 Å². The fourth-order valence-corrected chi connectivity index (χ4v) is 2.02. The van der Waals surface area contributed by atoms with Crippen LogP contribution in [0.3, 0.4) is 0 Å². The van der Waals surface area contributed by atoms with E-state index in [9.17, 15) is 9.18 Å². The van der Waals surface area contributed by atoms with Gasteiger partial charge in [0.25, 0.3) is 0 Å². The van der Waals surface area contributed by atoms with Gasteiger partial charge < -0.3 is 15.2 Å². The molecule has 2 unspecified atom stereocenters. The van der Waals surface area contributed by atoms with Crippen molar-refractivity contribution >= 4 is 34.9 Å². The number of ether oxygens (including phenoxy) is 2. The van der Waals surface area contributed by atoms with E-state index in [1.54, 1.807) is 6.92 Å². The van der Waals surface area contributed by atoms with Gasteiger partial charge in [-0.1, -0.05) is 36.5 Å². The van der Waals surface area contributed by atoms with Crippen LogP contribution in [0.1, 0.15) is 26.7 Å². The highest BCUT2D eigenvalue weighted by molar-refractivity contribution is 6.39. The molecule has 0 amide bonds. The van der Waals surface area contributed by atoms with E-state index in [2.05, 4.69) is 4.98 Å². The van der Waals surface area contributed by atoms with Crippen molar-refractivity contribution in [3.63, 3.8) is 0 Å². The highest BCUT2D eigenvalue weighted by atomic mass is 35.5. The van der Waals surface area contributed by atoms with Gasteiger partial charge in [-0.2, -0.15) is 14.3 Å². The fraction of sp³-hybridized carbons (Fsp3) is 0.571. The number of nitrogen functional groups attached to an aromatic ring is 1. The molecule has 1 aromatic rings. The molecule has 0 aliphatic heterocycles. The SMILES string of the molecule is CCCC(Oc1nc(F)c(Cl)c(N)c1Cl)C(=O)OOC(C)COC. The summed E-state index contributed by atoms with van der Waals surface area (Å²) in [6, 6.07) is 0. The quantitative estimate of drug-likeness (QED) is 0.397. The predicted octanol–water partition coefficient (Wildman–Crippen LogP) is 3.17. The lowest BCUT2D eigenvalue weighted by Crippen LogP contribution is -2.31. The Balaban J connectivity index is 2.84. The number of nitrogens with two attached hydrogens (primary N) is 1. The zero-order chi connectivity index (χ0) is 18.3. The highest BCUT2D eigenvalue weighted by Crippen LogP contribution is 2.36. The molecular formula is C14H19Cl2FN2O5. The molecule has 1 rings (SSSR count). The predicted molar refractivity (Wildman–Crippen MR) is 86.5 cm³/mol. The van der Waals surface area contributed by atoms with E-state index in [0.717, 1.165) is 0 Å². The zero-order valence-corrected chi connectivity index (χ0v) is 15.0. The Morgan fingerprint density at radius 2 is 2.04 bits per heavy atom. The number of nitrogens with zero attached hydrogens (tertiary/aromatic N) is 1. The molecule has 2 atom stereocenters. The Kier molecular flexibility index (Phi) is 8.47. The van der Waals surface area contributed by atoms with Crippen molar-refractivity contribution in [2.45, 2.75) is 38.9 Å². The number of halogens is 3. The van der Waals surface area contributed by atoms with Crippen LogP contribution in [0, 0.1) is 5.95 Å². The van der Waals surface area contributed by atoms with Crippen LogP contribution in [0.4, 0.5) is 10.1 Å². The van der Waals surface area contributed by atoms with Gasteiger partial charge in [-0.25, -0.2) is 4.79 Å². The maximum absolute atomic E-state index is 13.6. The van der Waals surface area contributed by atoms with Crippen molar-refractivity contribution in [3.8, 4) is 5.88 Å². The molecule has 1 aromatic heterocycles. The number of carbonyl (C=O) groups is 1. The first-order valence-corrected chi connectivity index (χ1v) is 7.90. The number of methoxy groups -OCH3 is 1. The van der Waals surface area contributed by atoms with E-state index in [0.29, 0.717) is 6.42 Å². The minimum atomic E-state index is -1.10. The summed E-state index contributed by atoms with van der Waals surface area (Å²) in [6.45, 7) is 3.71. The van der Waals surface area contributed by atoms with Gasteiger partial charge >= 0.3 is 5.97 Å². The number of rotatable bonds is 9. The molecule has 0 bridgehead atoms. The van der Waals surface area contributed by atoms with E-state index in [1.165, 1.54) is 7.11 Å². The summed E-state index contributed by atoms with van der Waals surface area (Å²) in [6.07, 6.45) is -0.721. The molecule has 24 heavy (non-hydrogen) atoms. The highest BCUT2D eigenvalue weighted by Gasteiger charge is 2.27. The summed E-state index contributed by atoms with van der Waals surface area (Å²) in [5, 5.41) is -0.609. The summed E-state index contributed by atoms with van der Waals surface area (Å²) in [7, 11) is 1.48. The second kappa shape index (κ2) is 9.83. The van der Waals surface area contributed by atoms with Crippen LogP contribution in [0.25, 0.3) is 0 Å². The topological polar surface area (TPSA) is 92.9 Å². The van der Waals surface area contributed by atoms with Crippen LogP contribution in [-0.2, 0) is 19.3 Å². The van der Waals surface area contributed by atoms with E-state index in [-0.39, 0.29) is 29.6 Å². The van der Waals surface area contributed by atoms with Crippen molar-refractivity contribution in [1.82, 2.24) is 4.98 Å². The maximum atomic E-state index is 13.6. The number of anilines is 1. The molecule has 2 N–H and O–H groups in total. The molecule has 7 nitrogen and oxygen atoms in total. The first-order valence-electron chi connectivity index (χ1n) is 7.14. The third-order valence-electron chi connectivity index (χ3n) is 2.81. The molecule has 0 fully saturated rings. The van der Waals surface area contributed by atoms with Gasteiger partial charge in [0.15, 0.2) is 0 Å². The van der Waals surface area contributed by atoms with Crippen molar-refractivity contribution in [3.05, 3.63) is 16.0 Å². The zero-order valence-electron chi connectivity index (χ0n) is 13.5. The smallest absolute Gasteiger partial charge is 0.382 e. The number of carbonyl (C=O) groups excluding carboxylic acids is 1. The molecular weight excluding hydrogens is 366 g/mol. The third-order valence-corrected chi connectivity index (χ3v) is 3.53. The van der Waals surface area contributed by atoms with Crippen LogP contribution >= 0.6 is 23.2 Å². The minimum absolute atomic E-state index is 0.191. The Hall–Kier alpha value is -1.35. The van der Waals surface area contributed by atoms with Gasteiger partial charge in [0, 0.05) is 7.11 Å². The number of pyridine rings is 1. The van der Waals surface area contributed by atoms with Crippen LogP contribution in [0.5, 0.6) is 5.88 Å². The second-order valence-electron chi connectivity index (χ2n) is 4.91. The Morgan fingerprint density at radius 3 is 2.62 bits per heavy atom. The van der Waals surface area contributed by atoms with Gasteiger partial charge in [0.05, 0.1) is 12.3 Å².